The molecule has 0 aliphatic rings. The van der Waals surface area contributed by atoms with Crippen LogP contribution < -0.4 is 5.32 Å². The van der Waals surface area contributed by atoms with Crippen LogP contribution in [-0.4, -0.2) is 24.3 Å². The molecule has 0 radical (unpaired) electrons. The fourth-order valence-corrected chi connectivity index (χ4v) is 1.20. The largest absolute Gasteiger partial charge is 0.392 e. The minimum atomic E-state index is -0.165. The van der Waals surface area contributed by atoms with Gasteiger partial charge in [0.1, 0.15) is 0 Å². The molecule has 1 unspecified atom stereocenters. The number of unbranched alkanes of at least 4 members (excludes halogenated alkanes) is 1. The maximum Gasteiger partial charge on any atom is 0.0667 e. The molecule has 0 aromatic heterocycles. The van der Waals surface area contributed by atoms with Gasteiger partial charge in [0, 0.05) is 6.54 Å². The average Bonchev–Trinajstić information content (AvgIpc) is 1.97. The van der Waals surface area contributed by atoms with Crippen LogP contribution in [0.5, 0.6) is 0 Å². The van der Waals surface area contributed by atoms with Crippen LogP contribution in [0.2, 0.25) is 0 Å². The molecule has 2 heteroatoms. The van der Waals surface area contributed by atoms with E-state index < -0.39 is 0 Å². The number of nitrogens with one attached hydrogen (secondary N) is 1. The van der Waals surface area contributed by atoms with E-state index in [1.807, 2.05) is 0 Å². The molecular weight excluding hydrogens is 150 g/mol. The van der Waals surface area contributed by atoms with E-state index in [0.29, 0.717) is 5.92 Å². The molecule has 0 aromatic carbocycles. The topological polar surface area (TPSA) is 32.3 Å². The van der Waals surface area contributed by atoms with E-state index in [9.17, 15) is 5.11 Å². The van der Waals surface area contributed by atoms with E-state index in [-0.39, 0.29) is 6.10 Å². The summed E-state index contributed by atoms with van der Waals surface area (Å²) >= 11 is 0. The fourth-order valence-electron chi connectivity index (χ4n) is 1.20. The van der Waals surface area contributed by atoms with Crippen LogP contribution in [0.25, 0.3) is 0 Å². The number of hydrogen-bond acceptors (Lipinski definition) is 2. The van der Waals surface area contributed by atoms with Crippen molar-refractivity contribution in [2.45, 2.75) is 46.1 Å². The Hall–Kier alpha value is -0.0800. The van der Waals surface area contributed by atoms with E-state index in [2.05, 4.69) is 26.1 Å². The lowest BCUT2D eigenvalue weighted by molar-refractivity contribution is 0.146. The smallest absolute Gasteiger partial charge is 0.0667 e. The second-order valence-corrected chi connectivity index (χ2v) is 3.84. The van der Waals surface area contributed by atoms with Crippen molar-refractivity contribution in [1.29, 1.82) is 0 Å². The Labute approximate surface area is 76.4 Å². The molecule has 1 atom stereocenters. The Morgan fingerprint density at radius 1 is 1.33 bits per heavy atom. The zero-order chi connectivity index (χ0) is 9.40. The molecule has 2 N–H and O–H groups in total. The third-order valence-electron chi connectivity index (χ3n) is 1.83. The predicted molar refractivity (Wildman–Crippen MR) is 53.2 cm³/mol. The first-order valence-corrected chi connectivity index (χ1v) is 5.05. The number of aliphatic hydroxyl groups is 1. The number of hydrogen-bond donors (Lipinski definition) is 2. The van der Waals surface area contributed by atoms with E-state index in [4.69, 9.17) is 0 Å². The molecule has 0 rings (SSSR count). The molecule has 0 saturated carbocycles. The van der Waals surface area contributed by atoms with Crippen LogP contribution in [0.4, 0.5) is 0 Å². The summed E-state index contributed by atoms with van der Waals surface area (Å²) in [5.74, 6) is 0.591. The summed E-state index contributed by atoms with van der Waals surface area (Å²) in [6.45, 7) is 8.22. The monoisotopic (exact) mass is 173 g/mol. The van der Waals surface area contributed by atoms with Crippen molar-refractivity contribution in [2.24, 2.45) is 5.92 Å². The van der Waals surface area contributed by atoms with Gasteiger partial charge in [-0.1, -0.05) is 27.2 Å². The SMILES string of the molecule is CCCCNCC(O)CC(C)C. The second-order valence-electron chi connectivity index (χ2n) is 3.84. The predicted octanol–water partition coefficient (Wildman–Crippen LogP) is 1.78. The summed E-state index contributed by atoms with van der Waals surface area (Å²) in [6.07, 6.45) is 3.16. The first kappa shape index (κ1) is 11.9. The van der Waals surface area contributed by atoms with Gasteiger partial charge in [-0.25, -0.2) is 0 Å². The maximum absolute atomic E-state index is 9.46. The van der Waals surface area contributed by atoms with E-state index in [1.54, 1.807) is 0 Å². The lowest BCUT2D eigenvalue weighted by Gasteiger charge is -2.13. The molecule has 0 bridgehead atoms. The molecule has 74 valence electrons. The van der Waals surface area contributed by atoms with Gasteiger partial charge >= 0.3 is 0 Å². The van der Waals surface area contributed by atoms with E-state index in [0.717, 1.165) is 19.5 Å². The minimum Gasteiger partial charge on any atom is -0.392 e. The standard InChI is InChI=1S/C10H23NO/c1-4-5-6-11-8-10(12)7-9(2)3/h9-12H,4-8H2,1-3H3. The number of rotatable bonds is 7. The van der Waals surface area contributed by atoms with Crippen molar-refractivity contribution in [1.82, 2.24) is 5.32 Å². The molecule has 0 aliphatic carbocycles. The maximum atomic E-state index is 9.46. The van der Waals surface area contributed by atoms with Crippen LogP contribution in [0.1, 0.15) is 40.0 Å². The zero-order valence-corrected chi connectivity index (χ0v) is 8.64. The number of aliphatic hydroxyl groups excluding tert-OH is 1. The Bertz CT molecular complexity index is 93.8. The second kappa shape index (κ2) is 7.56. The van der Waals surface area contributed by atoms with Gasteiger partial charge in [0.05, 0.1) is 6.10 Å². The van der Waals surface area contributed by atoms with Crippen LogP contribution >= 0.6 is 0 Å². The Balaban J connectivity index is 3.14. The van der Waals surface area contributed by atoms with Gasteiger partial charge in [0.25, 0.3) is 0 Å². The van der Waals surface area contributed by atoms with Gasteiger partial charge in [0.15, 0.2) is 0 Å². The molecule has 0 aromatic rings. The molecule has 0 heterocycles. The fraction of sp³-hybridized carbons (Fsp3) is 1.00. The highest BCUT2D eigenvalue weighted by atomic mass is 16.3. The van der Waals surface area contributed by atoms with Crippen molar-refractivity contribution < 1.29 is 5.11 Å². The van der Waals surface area contributed by atoms with Crippen LogP contribution in [0.3, 0.4) is 0 Å². The van der Waals surface area contributed by atoms with Crippen LogP contribution in [0.15, 0.2) is 0 Å². The molecule has 0 saturated heterocycles. The lowest BCUT2D eigenvalue weighted by Crippen LogP contribution is -2.28. The molecule has 0 spiro atoms. The summed E-state index contributed by atoms with van der Waals surface area (Å²) in [7, 11) is 0. The molecule has 0 fully saturated rings. The quantitative estimate of drug-likeness (QED) is 0.575. The third-order valence-corrected chi connectivity index (χ3v) is 1.83. The minimum absolute atomic E-state index is 0.165. The highest BCUT2D eigenvalue weighted by molar-refractivity contribution is 4.61. The zero-order valence-electron chi connectivity index (χ0n) is 8.64. The van der Waals surface area contributed by atoms with Crippen molar-refractivity contribution in [3.05, 3.63) is 0 Å². The lowest BCUT2D eigenvalue weighted by atomic mass is 10.1. The van der Waals surface area contributed by atoms with Gasteiger partial charge in [0.2, 0.25) is 0 Å². The molecular formula is C10H23NO. The molecule has 0 aliphatic heterocycles. The molecule has 2 nitrogen and oxygen atoms in total. The Kier molecular flexibility index (Phi) is 7.51. The van der Waals surface area contributed by atoms with Gasteiger partial charge in [-0.05, 0) is 25.3 Å². The summed E-state index contributed by atoms with van der Waals surface area (Å²) in [6, 6.07) is 0. The van der Waals surface area contributed by atoms with E-state index in [1.165, 1.54) is 12.8 Å². The van der Waals surface area contributed by atoms with Gasteiger partial charge in [-0.15, -0.1) is 0 Å². The molecule has 12 heavy (non-hydrogen) atoms. The van der Waals surface area contributed by atoms with Crippen LogP contribution in [0, 0.1) is 5.92 Å². The van der Waals surface area contributed by atoms with Crippen molar-refractivity contribution in [3.8, 4) is 0 Å². The third kappa shape index (κ3) is 8.02. The highest BCUT2D eigenvalue weighted by Crippen LogP contribution is 2.02. The normalized spacial score (nSPS) is 13.8. The summed E-state index contributed by atoms with van der Waals surface area (Å²) in [5, 5.41) is 12.7. The summed E-state index contributed by atoms with van der Waals surface area (Å²) < 4.78 is 0. The first-order valence-electron chi connectivity index (χ1n) is 5.05. The molecule has 0 amide bonds. The van der Waals surface area contributed by atoms with Gasteiger partial charge in [-0.2, -0.15) is 0 Å². The summed E-state index contributed by atoms with van der Waals surface area (Å²) in [5.41, 5.74) is 0. The Morgan fingerprint density at radius 2 is 2.00 bits per heavy atom. The van der Waals surface area contributed by atoms with Gasteiger partial charge in [-0.3, -0.25) is 0 Å². The van der Waals surface area contributed by atoms with Crippen molar-refractivity contribution in [3.63, 3.8) is 0 Å². The Morgan fingerprint density at radius 3 is 2.50 bits per heavy atom. The van der Waals surface area contributed by atoms with E-state index >= 15 is 0 Å². The first-order chi connectivity index (χ1) is 5.66. The van der Waals surface area contributed by atoms with Crippen LogP contribution in [-0.2, 0) is 0 Å². The average molecular weight is 173 g/mol. The highest BCUT2D eigenvalue weighted by Gasteiger charge is 2.05. The van der Waals surface area contributed by atoms with Crippen molar-refractivity contribution in [2.75, 3.05) is 13.1 Å². The van der Waals surface area contributed by atoms with Crippen molar-refractivity contribution >= 4 is 0 Å². The summed E-state index contributed by atoms with van der Waals surface area (Å²) in [4.78, 5) is 0. The van der Waals surface area contributed by atoms with Gasteiger partial charge < -0.3 is 10.4 Å².